The van der Waals surface area contributed by atoms with Gasteiger partial charge in [-0.2, -0.15) is 0 Å². The number of sulfonamides is 1. The van der Waals surface area contributed by atoms with Gasteiger partial charge in [-0.15, -0.1) is 0 Å². The molecule has 0 aromatic heterocycles. The summed E-state index contributed by atoms with van der Waals surface area (Å²) in [6, 6.07) is 13.1. The van der Waals surface area contributed by atoms with Crippen molar-refractivity contribution in [1.29, 1.82) is 0 Å². The molecule has 3 rings (SSSR count). The molecule has 0 saturated carbocycles. The number of benzene rings is 2. The molecule has 1 fully saturated rings. The van der Waals surface area contributed by atoms with Crippen LogP contribution in [-0.4, -0.2) is 43.7 Å². The Morgan fingerprint density at radius 3 is 2.32 bits per heavy atom. The number of hydrogen-bond acceptors (Lipinski definition) is 5. The van der Waals surface area contributed by atoms with E-state index in [1.54, 1.807) is 43.3 Å². The summed E-state index contributed by atoms with van der Waals surface area (Å²) in [5, 5.41) is 2.54. The van der Waals surface area contributed by atoms with Crippen LogP contribution in [0.3, 0.4) is 0 Å². The summed E-state index contributed by atoms with van der Waals surface area (Å²) in [7, 11) is -4.08. The molecule has 9 heteroatoms. The van der Waals surface area contributed by atoms with Crippen LogP contribution in [0.25, 0.3) is 0 Å². The molecule has 2 aromatic carbocycles. The maximum Gasteiger partial charge on any atom is 0.338 e. The predicted molar refractivity (Wildman–Crippen MR) is 101 cm³/mol. The second kappa shape index (κ2) is 7.81. The van der Waals surface area contributed by atoms with Crippen LogP contribution in [0.15, 0.2) is 59.5 Å². The van der Waals surface area contributed by atoms with Crippen molar-refractivity contribution in [3.05, 3.63) is 65.7 Å². The summed E-state index contributed by atoms with van der Waals surface area (Å²) in [6.07, 6.45) is 0.110. The minimum Gasteiger partial charge on any atom is -0.342 e. The van der Waals surface area contributed by atoms with E-state index in [1.165, 1.54) is 12.1 Å². The van der Waals surface area contributed by atoms with Crippen molar-refractivity contribution in [2.45, 2.75) is 24.3 Å². The first-order valence-corrected chi connectivity index (χ1v) is 10.0. The lowest BCUT2D eigenvalue weighted by atomic mass is 10.1. The highest BCUT2D eigenvalue weighted by molar-refractivity contribution is 7.90. The Morgan fingerprint density at radius 2 is 1.71 bits per heavy atom. The van der Waals surface area contributed by atoms with E-state index < -0.39 is 28.0 Å². The van der Waals surface area contributed by atoms with E-state index in [9.17, 15) is 22.8 Å². The summed E-state index contributed by atoms with van der Waals surface area (Å²) in [4.78, 5) is 36.9. The van der Waals surface area contributed by atoms with Gasteiger partial charge in [0.2, 0.25) is 5.91 Å². The van der Waals surface area contributed by atoms with Crippen LogP contribution in [0.2, 0.25) is 0 Å². The van der Waals surface area contributed by atoms with Gasteiger partial charge in [-0.3, -0.25) is 14.5 Å². The van der Waals surface area contributed by atoms with Gasteiger partial charge in [0.1, 0.15) is 6.04 Å². The Hall–Kier alpha value is -3.20. The van der Waals surface area contributed by atoms with Gasteiger partial charge in [0, 0.05) is 0 Å². The minimum atomic E-state index is -4.08. The van der Waals surface area contributed by atoms with Gasteiger partial charge >= 0.3 is 6.03 Å². The largest absolute Gasteiger partial charge is 0.342 e. The number of urea groups is 1. The molecule has 1 aliphatic rings. The van der Waals surface area contributed by atoms with Gasteiger partial charge in [0.25, 0.3) is 15.9 Å². The summed E-state index contributed by atoms with van der Waals surface area (Å²) >= 11 is 0. The molecule has 4 amide bonds. The van der Waals surface area contributed by atoms with Gasteiger partial charge in [-0.1, -0.05) is 48.0 Å². The molecule has 1 atom stereocenters. The van der Waals surface area contributed by atoms with Crippen LogP contribution in [0.5, 0.6) is 0 Å². The molecule has 2 aromatic rings. The van der Waals surface area contributed by atoms with Crippen LogP contribution >= 0.6 is 0 Å². The first-order chi connectivity index (χ1) is 13.3. The van der Waals surface area contributed by atoms with Gasteiger partial charge in [-0.05, 0) is 24.6 Å². The van der Waals surface area contributed by atoms with Gasteiger partial charge in [0.15, 0.2) is 0 Å². The zero-order chi connectivity index (χ0) is 20.3. The van der Waals surface area contributed by atoms with Gasteiger partial charge in [-0.25, -0.2) is 17.9 Å². The maximum absolute atomic E-state index is 12.2. The summed E-state index contributed by atoms with van der Waals surface area (Å²) in [5.41, 5.74) is 1.67. The van der Waals surface area contributed by atoms with E-state index in [2.05, 4.69) is 5.32 Å². The molecule has 0 bridgehead atoms. The van der Waals surface area contributed by atoms with Gasteiger partial charge < -0.3 is 5.32 Å². The van der Waals surface area contributed by atoms with Crippen molar-refractivity contribution >= 4 is 27.9 Å². The Kier molecular flexibility index (Phi) is 5.46. The monoisotopic (exact) mass is 401 g/mol. The van der Waals surface area contributed by atoms with Crippen molar-refractivity contribution in [3.63, 3.8) is 0 Å². The summed E-state index contributed by atoms with van der Waals surface area (Å²) in [6.45, 7) is 1.72. The van der Waals surface area contributed by atoms with E-state index in [0.717, 1.165) is 16.0 Å². The SMILES string of the molecule is Cc1ccc(S(=O)(=O)NC(=O)N2C[C@H](NC(=O)Cc3ccccc3)C2=O)cc1. The molecular weight excluding hydrogens is 382 g/mol. The fourth-order valence-electron chi connectivity index (χ4n) is 2.69. The third-order valence-corrected chi connectivity index (χ3v) is 5.61. The number of β-lactam (4-membered cyclic amide) rings is 1. The minimum absolute atomic E-state index is 0.0767. The standard InChI is InChI=1S/C19H19N3O5S/c1-13-7-9-15(10-8-13)28(26,27)21-19(25)22-12-16(18(22)24)20-17(23)11-14-5-3-2-4-6-14/h2-10,16H,11-12H2,1H3,(H,20,23)(H,21,25)/t16-/m0/s1. The van der Waals surface area contributed by atoms with Crippen LogP contribution in [0, 0.1) is 6.92 Å². The van der Waals surface area contributed by atoms with E-state index in [4.69, 9.17) is 0 Å². The third-order valence-electron chi connectivity index (χ3n) is 4.27. The highest BCUT2D eigenvalue weighted by atomic mass is 32.2. The molecule has 0 unspecified atom stereocenters. The fraction of sp³-hybridized carbons (Fsp3) is 0.211. The summed E-state index contributed by atoms with van der Waals surface area (Å²) < 4.78 is 26.3. The molecule has 0 spiro atoms. The van der Waals surface area contributed by atoms with Crippen molar-refractivity contribution in [2.24, 2.45) is 0 Å². The first kappa shape index (κ1) is 19.6. The van der Waals surface area contributed by atoms with E-state index >= 15 is 0 Å². The molecule has 2 N–H and O–H groups in total. The zero-order valence-electron chi connectivity index (χ0n) is 15.1. The van der Waals surface area contributed by atoms with Gasteiger partial charge in [0.05, 0.1) is 17.9 Å². The lowest BCUT2D eigenvalue weighted by Gasteiger charge is -2.36. The molecule has 28 heavy (non-hydrogen) atoms. The van der Waals surface area contributed by atoms with Crippen molar-refractivity contribution in [1.82, 2.24) is 14.9 Å². The van der Waals surface area contributed by atoms with E-state index in [-0.39, 0.29) is 23.8 Å². The molecule has 1 saturated heterocycles. The molecular formula is C19H19N3O5S. The normalized spacial score (nSPS) is 16.2. The Labute approximate surface area is 162 Å². The number of aryl methyl sites for hydroxylation is 1. The second-order valence-electron chi connectivity index (χ2n) is 6.46. The number of carbonyl (C=O) groups excluding carboxylic acids is 3. The highest BCUT2D eigenvalue weighted by Gasteiger charge is 2.42. The maximum atomic E-state index is 12.2. The van der Waals surface area contributed by atoms with Crippen LogP contribution < -0.4 is 10.0 Å². The molecule has 0 aliphatic carbocycles. The van der Waals surface area contributed by atoms with Crippen molar-refractivity contribution in [3.8, 4) is 0 Å². The molecule has 8 nitrogen and oxygen atoms in total. The quantitative estimate of drug-likeness (QED) is 0.725. The average molecular weight is 401 g/mol. The van der Waals surface area contributed by atoms with Crippen LogP contribution in [0.1, 0.15) is 11.1 Å². The number of likely N-dealkylation sites (tertiary alicyclic amines) is 1. The highest BCUT2D eigenvalue weighted by Crippen LogP contribution is 2.14. The number of nitrogens with zero attached hydrogens (tertiary/aromatic N) is 1. The van der Waals surface area contributed by atoms with E-state index in [1.807, 2.05) is 10.8 Å². The molecule has 1 aliphatic heterocycles. The zero-order valence-corrected chi connectivity index (χ0v) is 15.9. The molecule has 1 heterocycles. The van der Waals surface area contributed by atoms with E-state index in [0.29, 0.717) is 0 Å². The summed E-state index contributed by atoms with van der Waals surface area (Å²) in [5.74, 6) is -1.00. The number of amides is 4. The number of imide groups is 1. The van der Waals surface area contributed by atoms with Crippen molar-refractivity contribution in [2.75, 3.05) is 6.54 Å². The fourth-order valence-corrected chi connectivity index (χ4v) is 3.64. The third kappa shape index (κ3) is 4.37. The second-order valence-corrected chi connectivity index (χ2v) is 8.14. The predicted octanol–water partition coefficient (Wildman–Crippen LogP) is 0.963. The first-order valence-electron chi connectivity index (χ1n) is 8.54. The Balaban J connectivity index is 1.53. The number of hydrogen-bond donors (Lipinski definition) is 2. The number of rotatable bonds is 5. The molecule has 0 radical (unpaired) electrons. The smallest absolute Gasteiger partial charge is 0.338 e. The number of nitrogens with one attached hydrogen (secondary N) is 2. The van der Waals surface area contributed by atoms with Crippen molar-refractivity contribution < 1.29 is 22.8 Å². The Bertz CT molecular complexity index is 1000. The van der Waals surface area contributed by atoms with Crippen LogP contribution in [-0.2, 0) is 26.0 Å². The Morgan fingerprint density at radius 1 is 1.07 bits per heavy atom. The molecule has 146 valence electrons. The van der Waals surface area contributed by atoms with Crippen LogP contribution in [0.4, 0.5) is 4.79 Å². The lowest BCUT2D eigenvalue weighted by Crippen LogP contribution is -2.67. The number of carbonyl (C=O) groups is 3. The topological polar surface area (TPSA) is 113 Å². The lowest BCUT2D eigenvalue weighted by molar-refractivity contribution is -0.142. The average Bonchev–Trinajstić information content (AvgIpc) is 2.65.